The highest BCUT2D eigenvalue weighted by molar-refractivity contribution is 7.89. The number of carbonyl (C=O) groups is 1. The van der Waals surface area contributed by atoms with Crippen molar-refractivity contribution in [3.05, 3.63) is 60.2 Å². The largest absolute Gasteiger partial charge is 0.371 e. The number of hydrogen-bond donors (Lipinski definition) is 1. The molecular formula is C22H31N3O3S. The highest BCUT2D eigenvalue weighted by atomic mass is 32.2. The van der Waals surface area contributed by atoms with E-state index in [0.29, 0.717) is 6.54 Å². The van der Waals surface area contributed by atoms with Crippen molar-refractivity contribution in [2.24, 2.45) is 0 Å². The number of sulfonamides is 1. The fourth-order valence-corrected chi connectivity index (χ4v) is 4.26. The molecule has 2 rings (SSSR count). The van der Waals surface area contributed by atoms with E-state index in [4.69, 9.17) is 0 Å². The second-order valence-corrected chi connectivity index (χ2v) is 8.96. The molecule has 1 atom stereocenters. The molecule has 29 heavy (non-hydrogen) atoms. The lowest BCUT2D eigenvalue weighted by molar-refractivity contribution is 0.0789. The fourth-order valence-electron chi connectivity index (χ4n) is 2.94. The number of carbonyl (C=O) groups excluding carboxylic acids is 1. The topological polar surface area (TPSA) is 69.7 Å². The van der Waals surface area contributed by atoms with Crippen LogP contribution in [0.1, 0.15) is 37.0 Å². The van der Waals surface area contributed by atoms with Gasteiger partial charge >= 0.3 is 0 Å². The average molecular weight is 418 g/mol. The molecule has 2 aromatic carbocycles. The van der Waals surface area contributed by atoms with Gasteiger partial charge in [-0.15, -0.1) is 0 Å². The predicted molar refractivity (Wildman–Crippen MR) is 118 cm³/mol. The first kappa shape index (κ1) is 22.9. The Morgan fingerprint density at radius 1 is 1.03 bits per heavy atom. The average Bonchev–Trinajstić information content (AvgIpc) is 2.75. The van der Waals surface area contributed by atoms with Crippen LogP contribution in [0.4, 0.5) is 5.69 Å². The summed E-state index contributed by atoms with van der Waals surface area (Å²) < 4.78 is 28.6. The van der Waals surface area contributed by atoms with Gasteiger partial charge in [0.2, 0.25) is 10.0 Å². The number of rotatable bonds is 10. The van der Waals surface area contributed by atoms with Crippen molar-refractivity contribution < 1.29 is 13.2 Å². The molecule has 0 aliphatic carbocycles. The number of nitrogens with one attached hydrogen (secondary N) is 1. The van der Waals surface area contributed by atoms with Crippen LogP contribution in [0.25, 0.3) is 0 Å². The quantitative estimate of drug-likeness (QED) is 0.644. The zero-order valence-corrected chi connectivity index (χ0v) is 18.4. The van der Waals surface area contributed by atoms with Crippen molar-refractivity contribution in [1.29, 1.82) is 0 Å². The molecule has 0 aliphatic heterocycles. The Morgan fingerprint density at radius 3 is 2.31 bits per heavy atom. The van der Waals surface area contributed by atoms with Gasteiger partial charge in [0.05, 0.1) is 10.5 Å². The van der Waals surface area contributed by atoms with Crippen LogP contribution in [-0.4, -0.2) is 52.5 Å². The Balaban J connectivity index is 2.14. The van der Waals surface area contributed by atoms with E-state index in [-0.39, 0.29) is 29.0 Å². The molecule has 0 saturated heterocycles. The third-order valence-electron chi connectivity index (χ3n) is 4.99. The highest BCUT2D eigenvalue weighted by Crippen LogP contribution is 2.18. The summed E-state index contributed by atoms with van der Waals surface area (Å²) in [6.45, 7) is 4.82. The van der Waals surface area contributed by atoms with Crippen LogP contribution in [0.3, 0.4) is 0 Å². The summed E-state index contributed by atoms with van der Waals surface area (Å²) in [5.74, 6) is -0.283. The van der Waals surface area contributed by atoms with Crippen molar-refractivity contribution in [1.82, 2.24) is 9.62 Å². The molecule has 1 N–H and O–H groups in total. The van der Waals surface area contributed by atoms with Gasteiger partial charge in [-0.25, -0.2) is 13.1 Å². The molecule has 158 valence electrons. The summed E-state index contributed by atoms with van der Waals surface area (Å²) >= 11 is 0. The maximum Gasteiger partial charge on any atom is 0.254 e. The van der Waals surface area contributed by atoms with E-state index in [9.17, 15) is 13.2 Å². The summed E-state index contributed by atoms with van der Waals surface area (Å²) in [4.78, 5) is 16.4. The first-order valence-electron chi connectivity index (χ1n) is 9.90. The zero-order valence-electron chi connectivity index (χ0n) is 17.6. The molecule has 0 bridgehead atoms. The maximum atomic E-state index is 13.0. The second kappa shape index (κ2) is 10.4. The Labute approximate surface area is 174 Å². The zero-order chi connectivity index (χ0) is 21.4. The summed E-state index contributed by atoms with van der Waals surface area (Å²) in [5.41, 5.74) is 1.20. The molecule has 0 radical (unpaired) electrons. The minimum Gasteiger partial charge on any atom is -0.371 e. The molecule has 6 nitrogen and oxygen atoms in total. The summed E-state index contributed by atoms with van der Waals surface area (Å²) in [5, 5.41) is 0. The number of hydrogen-bond acceptors (Lipinski definition) is 4. The van der Waals surface area contributed by atoms with Gasteiger partial charge in [-0.1, -0.05) is 43.7 Å². The lowest BCUT2D eigenvalue weighted by atomic mass is 10.2. The van der Waals surface area contributed by atoms with Gasteiger partial charge in [-0.3, -0.25) is 4.79 Å². The standard InChI is InChI=1S/C22H31N3O3S/c1-5-6-16-24(3)22(26)20-14-10-11-15-21(20)29(27,28)23-17-18(2)25(4)19-12-8-7-9-13-19/h7-15,18,23H,5-6,16-17H2,1-4H3. The second-order valence-electron chi connectivity index (χ2n) is 7.22. The van der Waals surface area contributed by atoms with Crippen molar-refractivity contribution in [2.45, 2.75) is 37.6 Å². The van der Waals surface area contributed by atoms with E-state index in [1.807, 2.05) is 56.1 Å². The van der Waals surface area contributed by atoms with Crippen LogP contribution in [-0.2, 0) is 10.0 Å². The van der Waals surface area contributed by atoms with Gasteiger partial charge in [-0.05, 0) is 37.6 Å². The molecule has 0 saturated carbocycles. The smallest absolute Gasteiger partial charge is 0.254 e. The number of benzene rings is 2. The number of para-hydroxylation sites is 1. The molecular weight excluding hydrogens is 386 g/mol. The Kier molecular flexibility index (Phi) is 8.22. The van der Waals surface area contributed by atoms with Crippen LogP contribution in [0.15, 0.2) is 59.5 Å². The van der Waals surface area contributed by atoms with Gasteiger partial charge in [0.15, 0.2) is 0 Å². The van der Waals surface area contributed by atoms with Crippen LogP contribution >= 0.6 is 0 Å². The van der Waals surface area contributed by atoms with Crippen molar-refractivity contribution in [3.63, 3.8) is 0 Å². The molecule has 1 unspecified atom stereocenters. The Morgan fingerprint density at radius 2 is 1.66 bits per heavy atom. The van der Waals surface area contributed by atoms with E-state index < -0.39 is 10.0 Å². The van der Waals surface area contributed by atoms with E-state index in [1.54, 1.807) is 30.1 Å². The molecule has 0 aliphatic rings. The van der Waals surface area contributed by atoms with Crippen LogP contribution in [0.2, 0.25) is 0 Å². The summed E-state index contributed by atoms with van der Waals surface area (Å²) in [6, 6.07) is 16.1. The summed E-state index contributed by atoms with van der Waals surface area (Å²) in [6.07, 6.45) is 1.84. The lowest BCUT2D eigenvalue weighted by Gasteiger charge is -2.27. The van der Waals surface area contributed by atoms with E-state index in [1.165, 1.54) is 6.07 Å². The van der Waals surface area contributed by atoms with Crippen molar-refractivity contribution in [2.75, 3.05) is 32.1 Å². The van der Waals surface area contributed by atoms with Gasteiger partial charge in [0.25, 0.3) is 5.91 Å². The number of anilines is 1. The fraction of sp³-hybridized carbons (Fsp3) is 0.409. The number of amides is 1. The Bertz CT molecular complexity index is 901. The number of unbranched alkanes of at least 4 members (excludes halogenated alkanes) is 1. The normalized spacial score (nSPS) is 12.4. The third-order valence-corrected chi connectivity index (χ3v) is 6.48. The molecule has 0 heterocycles. The molecule has 0 spiro atoms. The molecule has 0 fully saturated rings. The maximum absolute atomic E-state index is 13.0. The monoisotopic (exact) mass is 417 g/mol. The molecule has 0 aromatic heterocycles. The van der Waals surface area contributed by atoms with Gasteiger partial charge in [0, 0.05) is 38.9 Å². The minimum atomic E-state index is -3.82. The van der Waals surface area contributed by atoms with Crippen LogP contribution < -0.4 is 9.62 Å². The van der Waals surface area contributed by atoms with Crippen LogP contribution in [0.5, 0.6) is 0 Å². The lowest BCUT2D eigenvalue weighted by Crippen LogP contribution is -2.40. The first-order chi connectivity index (χ1) is 13.8. The van der Waals surface area contributed by atoms with E-state index in [0.717, 1.165) is 18.5 Å². The summed E-state index contributed by atoms with van der Waals surface area (Å²) in [7, 11) is -0.200. The molecule has 1 amide bonds. The van der Waals surface area contributed by atoms with Crippen molar-refractivity contribution in [3.8, 4) is 0 Å². The first-order valence-corrected chi connectivity index (χ1v) is 11.4. The SMILES string of the molecule is CCCCN(C)C(=O)c1ccccc1S(=O)(=O)NCC(C)N(C)c1ccccc1. The van der Waals surface area contributed by atoms with Crippen molar-refractivity contribution >= 4 is 21.6 Å². The predicted octanol–water partition coefficient (Wildman–Crippen LogP) is 3.36. The van der Waals surface area contributed by atoms with Gasteiger partial charge < -0.3 is 9.80 Å². The number of likely N-dealkylation sites (N-methyl/N-ethyl adjacent to an activating group) is 1. The van der Waals surface area contributed by atoms with Gasteiger partial charge in [0.1, 0.15) is 0 Å². The van der Waals surface area contributed by atoms with E-state index >= 15 is 0 Å². The number of nitrogens with zero attached hydrogens (tertiary/aromatic N) is 2. The molecule has 7 heteroatoms. The van der Waals surface area contributed by atoms with Crippen LogP contribution in [0, 0.1) is 0 Å². The molecule has 2 aromatic rings. The Hall–Kier alpha value is -2.38. The highest BCUT2D eigenvalue weighted by Gasteiger charge is 2.24. The minimum absolute atomic E-state index is 0.0166. The van der Waals surface area contributed by atoms with Gasteiger partial charge in [-0.2, -0.15) is 0 Å². The third kappa shape index (κ3) is 6.05. The van der Waals surface area contributed by atoms with E-state index in [2.05, 4.69) is 4.72 Å².